The largest absolute Gasteiger partial charge is 0.484 e. The molecular formula is C18H21ClN2O4S. The fourth-order valence-electron chi connectivity index (χ4n) is 2.09. The predicted molar refractivity (Wildman–Crippen MR) is 101 cm³/mol. The number of likely N-dealkylation sites (N-methyl/N-ethyl adjacent to an activating group) is 1. The Morgan fingerprint density at radius 2 is 1.73 bits per heavy atom. The maximum atomic E-state index is 12.4. The van der Waals surface area contributed by atoms with Crippen molar-refractivity contribution in [3.8, 4) is 5.75 Å². The molecule has 1 amide bonds. The number of ether oxygens (including phenoxy) is 1. The summed E-state index contributed by atoms with van der Waals surface area (Å²) in [6.07, 6.45) is 0. The summed E-state index contributed by atoms with van der Waals surface area (Å²) in [5, 5.41) is 3.21. The van der Waals surface area contributed by atoms with Gasteiger partial charge in [-0.3, -0.25) is 4.79 Å². The van der Waals surface area contributed by atoms with Crippen LogP contribution in [0.2, 0.25) is 5.02 Å². The molecule has 1 N–H and O–H groups in total. The Morgan fingerprint density at radius 3 is 2.35 bits per heavy atom. The van der Waals surface area contributed by atoms with Crippen molar-refractivity contribution in [1.29, 1.82) is 0 Å². The summed E-state index contributed by atoms with van der Waals surface area (Å²) in [6.45, 7) is 2.07. The molecule has 2 rings (SSSR count). The number of sulfonamides is 1. The average molecular weight is 397 g/mol. The molecule has 0 saturated carbocycles. The number of carbonyl (C=O) groups is 1. The number of hydrogen-bond acceptors (Lipinski definition) is 4. The molecule has 0 heterocycles. The summed E-state index contributed by atoms with van der Waals surface area (Å²) in [6, 6.07) is 13.3. The molecule has 8 heteroatoms. The van der Waals surface area contributed by atoms with Gasteiger partial charge in [0.25, 0.3) is 5.91 Å². The molecule has 2 aromatic carbocycles. The van der Waals surface area contributed by atoms with Gasteiger partial charge in [-0.1, -0.05) is 29.3 Å². The van der Waals surface area contributed by atoms with Crippen LogP contribution in [-0.2, 0) is 14.8 Å². The smallest absolute Gasteiger partial charge is 0.257 e. The lowest BCUT2D eigenvalue weighted by molar-refractivity contribution is -0.123. The van der Waals surface area contributed by atoms with Crippen LogP contribution in [0.25, 0.3) is 0 Å². The molecule has 0 aliphatic heterocycles. The SMILES string of the molecule is Cc1ccc(S(=O)(=O)N(C)CCNC(=O)COc2ccc(Cl)cc2)cc1. The van der Waals surface area contributed by atoms with E-state index in [-0.39, 0.29) is 30.5 Å². The van der Waals surface area contributed by atoms with Crippen molar-refractivity contribution in [3.63, 3.8) is 0 Å². The molecule has 140 valence electrons. The highest BCUT2D eigenvalue weighted by atomic mass is 35.5. The highest BCUT2D eigenvalue weighted by molar-refractivity contribution is 7.89. The molecular weight excluding hydrogens is 376 g/mol. The molecule has 0 aromatic heterocycles. The van der Waals surface area contributed by atoms with Gasteiger partial charge in [-0.15, -0.1) is 0 Å². The number of nitrogens with one attached hydrogen (secondary N) is 1. The van der Waals surface area contributed by atoms with Gasteiger partial charge in [-0.05, 0) is 43.3 Å². The Labute approximate surface area is 158 Å². The van der Waals surface area contributed by atoms with Crippen LogP contribution in [0, 0.1) is 6.92 Å². The summed E-state index contributed by atoms with van der Waals surface area (Å²) in [7, 11) is -2.10. The summed E-state index contributed by atoms with van der Waals surface area (Å²) >= 11 is 5.77. The normalized spacial score (nSPS) is 11.4. The Hall–Kier alpha value is -2.09. The quantitative estimate of drug-likeness (QED) is 0.743. The van der Waals surface area contributed by atoms with Crippen molar-refractivity contribution in [3.05, 3.63) is 59.1 Å². The van der Waals surface area contributed by atoms with Gasteiger partial charge in [0.05, 0.1) is 4.90 Å². The molecule has 0 bridgehead atoms. The first-order valence-electron chi connectivity index (χ1n) is 7.97. The van der Waals surface area contributed by atoms with E-state index in [9.17, 15) is 13.2 Å². The van der Waals surface area contributed by atoms with Gasteiger partial charge in [0.15, 0.2) is 6.61 Å². The minimum atomic E-state index is -3.57. The van der Waals surface area contributed by atoms with Crippen molar-refractivity contribution in [2.75, 3.05) is 26.7 Å². The molecule has 2 aromatic rings. The minimum absolute atomic E-state index is 0.156. The number of rotatable bonds is 8. The van der Waals surface area contributed by atoms with Gasteiger partial charge >= 0.3 is 0 Å². The fraction of sp³-hybridized carbons (Fsp3) is 0.278. The lowest BCUT2D eigenvalue weighted by Gasteiger charge is -2.17. The Kier molecular flexibility index (Phi) is 7.02. The van der Waals surface area contributed by atoms with Gasteiger partial charge in [-0.25, -0.2) is 8.42 Å². The third-order valence-electron chi connectivity index (χ3n) is 3.66. The number of halogens is 1. The Balaban J connectivity index is 1.78. The van der Waals surface area contributed by atoms with Gasteiger partial charge in [0, 0.05) is 25.2 Å². The van der Waals surface area contributed by atoms with E-state index in [2.05, 4.69) is 5.32 Å². The third kappa shape index (κ3) is 5.72. The molecule has 6 nitrogen and oxygen atoms in total. The molecule has 0 fully saturated rings. The topological polar surface area (TPSA) is 75.7 Å². The van der Waals surface area contributed by atoms with Gasteiger partial charge in [0.1, 0.15) is 5.75 Å². The van der Waals surface area contributed by atoms with E-state index < -0.39 is 10.0 Å². The first-order valence-corrected chi connectivity index (χ1v) is 9.79. The second-order valence-corrected chi connectivity index (χ2v) is 8.21. The Bertz CT molecular complexity index is 836. The summed E-state index contributed by atoms with van der Waals surface area (Å²) < 4.78 is 31.4. The van der Waals surface area contributed by atoms with E-state index in [1.165, 1.54) is 11.4 Å². The van der Waals surface area contributed by atoms with Crippen molar-refractivity contribution < 1.29 is 17.9 Å². The van der Waals surface area contributed by atoms with Crippen molar-refractivity contribution in [2.45, 2.75) is 11.8 Å². The third-order valence-corrected chi connectivity index (χ3v) is 5.78. The molecule has 0 radical (unpaired) electrons. The zero-order chi connectivity index (χ0) is 19.2. The Morgan fingerprint density at radius 1 is 1.12 bits per heavy atom. The van der Waals surface area contributed by atoms with E-state index in [1.807, 2.05) is 6.92 Å². The summed E-state index contributed by atoms with van der Waals surface area (Å²) in [5.41, 5.74) is 0.986. The lowest BCUT2D eigenvalue weighted by Crippen LogP contribution is -2.37. The number of nitrogens with zero attached hydrogens (tertiary/aromatic N) is 1. The highest BCUT2D eigenvalue weighted by Gasteiger charge is 2.20. The van der Waals surface area contributed by atoms with Crippen LogP contribution in [0.3, 0.4) is 0 Å². The van der Waals surface area contributed by atoms with Crippen LogP contribution in [0.5, 0.6) is 5.75 Å². The average Bonchev–Trinajstić information content (AvgIpc) is 2.61. The fourth-order valence-corrected chi connectivity index (χ4v) is 3.39. The summed E-state index contributed by atoms with van der Waals surface area (Å²) in [5.74, 6) is 0.199. The number of hydrogen-bond donors (Lipinski definition) is 1. The van der Waals surface area contributed by atoms with E-state index in [0.717, 1.165) is 5.56 Å². The zero-order valence-electron chi connectivity index (χ0n) is 14.6. The van der Waals surface area contributed by atoms with Crippen LogP contribution in [0.15, 0.2) is 53.4 Å². The number of carbonyl (C=O) groups excluding carboxylic acids is 1. The van der Waals surface area contributed by atoms with Crippen LogP contribution >= 0.6 is 11.6 Å². The molecule has 0 atom stereocenters. The highest BCUT2D eigenvalue weighted by Crippen LogP contribution is 2.15. The van der Waals surface area contributed by atoms with Crippen LogP contribution < -0.4 is 10.1 Å². The molecule has 0 unspecified atom stereocenters. The van der Waals surface area contributed by atoms with Crippen molar-refractivity contribution >= 4 is 27.5 Å². The standard InChI is InChI=1S/C18H21ClN2O4S/c1-14-3-9-17(10-4-14)26(23,24)21(2)12-11-20-18(22)13-25-16-7-5-15(19)6-8-16/h3-10H,11-13H2,1-2H3,(H,20,22). The maximum absolute atomic E-state index is 12.4. The van der Waals surface area contributed by atoms with Crippen LogP contribution in [0.4, 0.5) is 0 Å². The predicted octanol–water partition coefficient (Wildman–Crippen LogP) is 2.46. The zero-order valence-corrected chi connectivity index (χ0v) is 16.2. The molecule has 0 saturated heterocycles. The van der Waals surface area contributed by atoms with E-state index >= 15 is 0 Å². The van der Waals surface area contributed by atoms with Gasteiger partial charge in [0.2, 0.25) is 10.0 Å². The molecule has 0 spiro atoms. The van der Waals surface area contributed by atoms with Gasteiger partial charge in [-0.2, -0.15) is 4.31 Å². The second kappa shape index (κ2) is 9.02. The number of amides is 1. The molecule has 26 heavy (non-hydrogen) atoms. The van der Waals surface area contributed by atoms with E-state index in [0.29, 0.717) is 10.8 Å². The molecule has 0 aliphatic rings. The van der Waals surface area contributed by atoms with E-state index in [4.69, 9.17) is 16.3 Å². The lowest BCUT2D eigenvalue weighted by atomic mass is 10.2. The van der Waals surface area contributed by atoms with Crippen LogP contribution in [-0.4, -0.2) is 45.4 Å². The first-order chi connectivity index (χ1) is 12.3. The number of aryl methyl sites for hydroxylation is 1. The first kappa shape index (κ1) is 20.2. The van der Waals surface area contributed by atoms with E-state index in [1.54, 1.807) is 48.5 Å². The molecule has 0 aliphatic carbocycles. The van der Waals surface area contributed by atoms with Crippen molar-refractivity contribution in [2.24, 2.45) is 0 Å². The summed E-state index contributed by atoms with van der Waals surface area (Å²) in [4.78, 5) is 12.0. The second-order valence-electron chi connectivity index (χ2n) is 5.73. The minimum Gasteiger partial charge on any atom is -0.484 e. The van der Waals surface area contributed by atoms with Gasteiger partial charge < -0.3 is 10.1 Å². The van der Waals surface area contributed by atoms with Crippen molar-refractivity contribution in [1.82, 2.24) is 9.62 Å². The van der Waals surface area contributed by atoms with Crippen LogP contribution in [0.1, 0.15) is 5.56 Å². The number of benzene rings is 2. The maximum Gasteiger partial charge on any atom is 0.257 e. The monoisotopic (exact) mass is 396 g/mol.